The fourth-order valence-electron chi connectivity index (χ4n) is 1.42. The maximum Gasteiger partial charge on any atom is 0.271 e. The third-order valence-corrected chi connectivity index (χ3v) is 3.81. The molecule has 1 aromatic rings. The molecule has 0 saturated carbocycles. The number of methoxy groups -OCH3 is 1. The first-order chi connectivity index (χ1) is 9.32. The second-order valence-electron chi connectivity index (χ2n) is 3.82. The lowest BCUT2D eigenvalue weighted by molar-refractivity contribution is 0.309. The van der Waals surface area contributed by atoms with Gasteiger partial charge in [-0.05, 0) is 30.3 Å². The highest BCUT2D eigenvalue weighted by atomic mass is 35.5. The predicted molar refractivity (Wildman–Crippen MR) is 78.2 cm³/mol. The van der Waals surface area contributed by atoms with Crippen molar-refractivity contribution >= 4 is 33.3 Å². The molecular formula is C12H14Cl2O5S. The highest BCUT2D eigenvalue weighted by Crippen LogP contribution is 2.19. The number of rotatable bonds is 7. The average molecular weight is 341 g/mol. The van der Waals surface area contributed by atoms with Crippen LogP contribution in [0.25, 0.3) is 0 Å². The molecule has 0 radical (unpaired) electrons. The van der Waals surface area contributed by atoms with Crippen LogP contribution >= 0.6 is 23.2 Å². The SMILES string of the molecule is COc1ccc(OCC[C@H](C=C(Cl)Cl)S(=O)(=O)O)cc1. The van der Waals surface area contributed by atoms with Gasteiger partial charge in [-0.15, -0.1) is 0 Å². The van der Waals surface area contributed by atoms with Crippen LogP contribution in [0.1, 0.15) is 6.42 Å². The second-order valence-corrected chi connectivity index (χ2v) is 6.47. The zero-order chi connectivity index (χ0) is 15.2. The van der Waals surface area contributed by atoms with E-state index in [0.717, 1.165) is 6.08 Å². The molecule has 0 fully saturated rings. The van der Waals surface area contributed by atoms with Gasteiger partial charge >= 0.3 is 0 Å². The van der Waals surface area contributed by atoms with E-state index in [4.69, 9.17) is 37.2 Å². The largest absolute Gasteiger partial charge is 0.497 e. The molecule has 0 unspecified atom stereocenters. The highest BCUT2D eigenvalue weighted by Gasteiger charge is 2.21. The maximum absolute atomic E-state index is 11.1. The molecule has 112 valence electrons. The molecule has 0 amide bonds. The Hall–Kier alpha value is -0.950. The van der Waals surface area contributed by atoms with Gasteiger partial charge in [-0.2, -0.15) is 8.42 Å². The highest BCUT2D eigenvalue weighted by molar-refractivity contribution is 7.86. The van der Waals surface area contributed by atoms with Crippen molar-refractivity contribution in [3.05, 3.63) is 34.8 Å². The summed E-state index contributed by atoms with van der Waals surface area (Å²) in [7, 11) is -2.72. The number of halogens is 2. The van der Waals surface area contributed by atoms with E-state index in [2.05, 4.69) is 0 Å². The number of benzene rings is 1. The normalized spacial score (nSPS) is 12.6. The van der Waals surface area contributed by atoms with Crippen molar-refractivity contribution < 1.29 is 22.4 Å². The van der Waals surface area contributed by atoms with Gasteiger partial charge < -0.3 is 9.47 Å². The molecule has 0 spiro atoms. The Balaban J connectivity index is 2.58. The lowest BCUT2D eigenvalue weighted by Crippen LogP contribution is -2.21. The maximum atomic E-state index is 11.1. The third-order valence-electron chi connectivity index (χ3n) is 2.43. The van der Waals surface area contributed by atoms with Gasteiger partial charge in [0.05, 0.1) is 13.7 Å². The van der Waals surface area contributed by atoms with Crippen LogP contribution in [0, 0.1) is 0 Å². The Kier molecular flexibility index (Phi) is 6.61. The predicted octanol–water partition coefficient (Wildman–Crippen LogP) is 3.04. The summed E-state index contributed by atoms with van der Waals surface area (Å²) >= 11 is 10.8. The average Bonchev–Trinajstić information content (AvgIpc) is 2.37. The van der Waals surface area contributed by atoms with Crippen LogP contribution in [0.15, 0.2) is 34.8 Å². The van der Waals surface area contributed by atoms with Crippen molar-refractivity contribution in [3.8, 4) is 11.5 Å². The van der Waals surface area contributed by atoms with Crippen LogP contribution in [-0.2, 0) is 10.1 Å². The number of hydrogen-bond acceptors (Lipinski definition) is 4. The van der Waals surface area contributed by atoms with Gasteiger partial charge in [0.2, 0.25) is 0 Å². The lowest BCUT2D eigenvalue weighted by atomic mass is 10.3. The summed E-state index contributed by atoms with van der Waals surface area (Å²) in [6.07, 6.45) is 1.07. The summed E-state index contributed by atoms with van der Waals surface area (Å²) in [5, 5.41) is -1.20. The van der Waals surface area contributed by atoms with E-state index in [9.17, 15) is 8.42 Å². The van der Waals surface area contributed by atoms with Crippen molar-refractivity contribution in [1.82, 2.24) is 0 Å². The van der Waals surface area contributed by atoms with Crippen LogP contribution in [0.2, 0.25) is 0 Å². The summed E-state index contributed by atoms with van der Waals surface area (Å²) in [6.45, 7) is 0.0777. The fraction of sp³-hybridized carbons (Fsp3) is 0.333. The van der Waals surface area contributed by atoms with E-state index in [1.807, 2.05) is 0 Å². The Morgan fingerprint density at radius 1 is 1.30 bits per heavy atom. The molecule has 0 aliphatic carbocycles. The molecule has 0 heterocycles. The summed E-state index contributed by atoms with van der Waals surface area (Å²) < 4.78 is 41.4. The molecule has 20 heavy (non-hydrogen) atoms. The minimum Gasteiger partial charge on any atom is -0.497 e. The molecule has 5 nitrogen and oxygen atoms in total. The van der Waals surface area contributed by atoms with Crippen LogP contribution in [0.4, 0.5) is 0 Å². The molecular weight excluding hydrogens is 327 g/mol. The number of ether oxygens (including phenoxy) is 2. The first-order valence-corrected chi connectivity index (χ1v) is 7.85. The number of hydrogen-bond donors (Lipinski definition) is 1. The molecule has 1 atom stereocenters. The van der Waals surface area contributed by atoms with E-state index < -0.39 is 15.4 Å². The Labute approximate surface area is 127 Å². The van der Waals surface area contributed by atoms with E-state index in [1.165, 1.54) is 0 Å². The second kappa shape index (κ2) is 7.73. The Morgan fingerprint density at radius 2 is 1.85 bits per heavy atom. The van der Waals surface area contributed by atoms with E-state index >= 15 is 0 Å². The first kappa shape index (κ1) is 17.1. The molecule has 0 aromatic heterocycles. The molecule has 1 N–H and O–H groups in total. The van der Waals surface area contributed by atoms with Gasteiger partial charge in [0.25, 0.3) is 10.1 Å². The standard InChI is InChI=1S/C12H14Cl2O5S/c1-18-9-2-4-10(5-3-9)19-7-6-11(8-12(13)14)20(15,16)17/h2-5,8,11H,6-7H2,1H3,(H,15,16,17)/t11-/m1/s1. The third kappa shape index (κ3) is 6.00. The van der Waals surface area contributed by atoms with E-state index in [0.29, 0.717) is 11.5 Å². The quantitative estimate of drug-likeness (QED) is 0.772. The van der Waals surface area contributed by atoms with E-state index in [-0.39, 0.29) is 17.5 Å². The Bertz CT molecular complexity index is 550. The van der Waals surface area contributed by atoms with Crippen molar-refractivity contribution in [2.75, 3.05) is 13.7 Å². The van der Waals surface area contributed by atoms with Gasteiger partial charge in [-0.25, -0.2) is 0 Å². The minimum atomic E-state index is -4.27. The molecule has 0 aliphatic rings. The molecule has 1 rings (SSSR count). The van der Waals surface area contributed by atoms with Gasteiger partial charge in [-0.3, -0.25) is 4.55 Å². The zero-order valence-electron chi connectivity index (χ0n) is 10.6. The van der Waals surface area contributed by atoms with Gasteiger partial charge in [0.15, 0.2) is 0 Å². The topological polar surface area (TPSA) is 72.8 Å². The lowest BCUT2D eigenvalue weighted by Gasteiger charge is -2.11. The van der Waals surface area contributed by atoms with Crippen molar-refractivity contribution in [2.24, 2.45) is 0 Å². The minimum absolute atomic E-state index is 0.0216. The van der Waals surface area contributed by atoms with Gasteiger partial charge in [0.1, 0.15) is 21.2 Å². The van der Waals surface area contributed by atoms with Gasteiger partial charge in [-0.1, -0.05) is 23.2 Å². The van der Waals surface area contributed by atoms with Gasteiger partial charge in [0, 0.05) is 6.42 Å². The van der Waals surface area contributed by atoms with Crippen LogP contribution in [-0.4, -0.2) is 31.9 Å². The summed E-state index contributed by atoms with van der Waals surface area (Å²) in [5.74, 6) is 1.24. The van der Waals surface area contributed by atoms with Crippen molar-refractivity contribution in [3.63, 3.8) is 0 Å². The fourth-order valence-corrected chi connectivity index (χ4v) is 2.58. The summed E-state index contributed by atoms with van der Waals surface area (Å²) in [6, 6.07) is 6.80. The van der Waals surface area contributed by atoms with Crippen molar-refractivity contribution in [1.29, 1.82) is 0 Å². The van der Waals surface area contributed by atoms with Crippen LogP contribution < -0.4 is 9.47 Å². The molecule has 0 saturated heterocycles. The molecule has 8 heteroatoms. The van der Waals surface area contributed by atoms with Crippen molar-refractivity contribution in [2.45, 2.75) is 11.7 Å². The Morgan fingerprint density at radius 3 is 2.30 bits per heavy atom. The zero-order valence-corrected chi connectivity index (χ0v) is 13.0. The molecule has 1 aromatic carbocycles. The van der Waals surface area contributed by atoms with Crippen LogP contribution in [0.5, 0.6) is 11.5 Å². The molecule has 0 aliphatic heterocycles. The van der Waals surface area contributed by atoms with E-state index in [1.54, 1.807) is 31.4 Å². The molecule has 0 bridgehead atoms. The van der Waals surface area contributed by atoms with Crippen LogP contribution in [0.3, 0.4) is 0 Å². The smallest absolute Gasteiger partial charge is 0.271 e. The first-order valence-electron chi connectivity index (χ1n) is 5.59. The monoisotopic (exact) mass is 340 g/mol. The summed E-state index contributed by atoms with van der Waals surface area (Å²) in [4.78, 5) is 0. The summed E-state index contributed by atoms with van der Waals surface area (Å²) in [5.41, 5.74) is 0.